The lowest BCUT2D eigenvalue weighted by molar-refractivity contribution is 0.343. The minimum atomic E-state index is -3.03. The maximum atomic E-state index is 11.4. The summed E-state index contributed by atoms with van der Waals surface area (Å²) in [5, 5.41) is 0. The number of hydrogen-bond acceptors (Lipinski definition) is 4. The molecule has 0 radical (unpaired) electrons. The van der Waals surface area contributed by atoms with Gasteiger partial charge in [0.25, 0.3) is 0 Å². The Morgan fingerprint density at radius 1 is 1.38 bits per heavy atom. The van der Waals surface area contributed by atoms with E-state index in [1.807, 2.05) is 29.7 Å². The molecule has 1 aromatic heterocycles. The monoisotopic (exact) mass is 330 g/mol. The standard InChI is InChI=1S/C14H19ClN2O3S/c1-3-20-12-6-4-5-11-14(12)16-13(7-8-15)17(11)9-10-21(2,18)19/h4-6H,3,7-10H2,1-2H3. The number of aromatic nitrogens is 2. The van der Waals surface area contributed by atoms with Crippen molar-refractivity contribution in [1.82, 2.24) is 9.55 Å². The van der Waals surface area contributed by atoms with Gasteiger partial charge in [0.05, 0.1) is 17.9 Å². The van der Waals surface area contributed by atoms with E-state index in [9.17, 15) is 8.42 Å². The first-order valence-corrected chi connectivity index (χ1v) is 9.40. The summed E-state index contributed by atoms with van der Waals surface area (Å²) in [5.41, 5.74) is 1.64. The van der Waals surface area contributed by atoms with Crippen LogP contribution in [0.3, 0.4) is 0 Å². The van der Waals surface area contributed by atoms with Crippen molar-refractivity contribution in [3.63, 3.8) is 0 Å². The van der Waals surface area contributed by atoms with Crippen LogP contribution in [0.2, 0.25) is 0 Å². The molecule has 0 aliphatic rings. The van der Waals surface area contributed by atoms with Gasteiger partial charge in [-0.05, 0) is 19.1 Å². The Labute approximate surface area is 129 Å². The Hall–Kier alpha value is -1.27. The Morgan fingerprint density at radius 2 is 2.14 bits per heavy atom. The predicted octanol–water partition coefficient (Wildman–Crippen LogP) is 2.26. The van der Waals surface area contributed by atoms with Crippen LogP contribution < -0.4 is 4.74 Å². The third kappa shape index (κ3) is 3.89. The number of aryl methyl sites for hydroxylation is 2. The first-order valence-electron chi connectivity index (χ1n) is 6.81. The molecule has 0 N–H and O–H groups in total. The van der Waals surface area contributed by atoms with Crippen molar-refractivity contribution in [3.05, 3.63) is 24.0 Å². The molecular weight excluding hydrogens is 312 g/mol. The summed E-state index contributed by atoms with van der Waals surface area (Å²) in [4.78, 5) is 4.58. The fourth-order valence-corrected chi connectivity index (χ4v) is 2.91. The topological polar surface area (TPSA) is 61.2 Å². The van der Waals surface area contributed by atoms with Crippen LogP contribution >= 0.6 is 11.6 Å². The highest BCUT2D eigenvalue weighted by Crippen LogP contribution is 2.26. The van der Waals surface area contributed by atoms with Gasteiger partial charge in [0.15, 0.2) is 0 Å². The number of benzene rings is 1. The van der Waals surface area contributed by atoms with E-state index < -0.39 is 9.84 Å². The molecule has 0 spiro atoms. The average molecular weight is 331 g/mol. The Morgan fingerprint density at radius 3 is 2.76 bits per heavy atom. The SMILES string of the molecule is CCOc1cccc2c1nc(CCCl)n2CCS(C)(=O)=O. The molecule has 0 atom stereocenters. The number of para-hydroxylation sites is 1. The third-order valence-corrected chi connectivity index (χ3v) is 4.24. The lowest BCUT2D eigenvalue weighted by Crippen LogP contribution is -2.13. The van der Waals surface area contributed by atoms with Gasteiger partial charge in [-0.2, -0.15) is 0 Å². The summed E-state index contributed by atoms with van der Waals surface area (Å²) in [6.45, 7) is 2.84. The minimum absolute atomic E-state index is 0.0760. The van der Waals surface area contributed by atoms with Crippen LogP contribution in [0, 0.1) is 0 Å². The first kappa shape index (κ1) is 16.1. The second-order valence-electron chi connectivity index (χ2n) is 4.81. The lowest BCUT2D eigenvalue weighted by atomic mass is 10.3. The molecule has 1 aromatic carbocycles. The van der Waals surface area contributed by atoms with Crippen LogP contribution in [0.15, 0.2) is 18.2 Å². The number of nitrogens with zero attached hydrogens (tertiary/aromatic N) is 2. The fourth-order valence-electron chi connectivity index (χ4n) is 2.22. The van der Waals surface area contributed by atoms with Crippen molar-refractivity contribution in [2.75, 3.05) is 24.5 Å². The molecule has 0 saturated carbocycles. The fraction of sp³-hybridized carbons (Fsp3) is 0.500. The third-order valence-electron chi connectivity index (χ3n) is 3.12. The number of ether oxygens (including phenoxy) is 1. The average Bonchev–Trinajstić information content (AvgIpc) is 2.75. The summed E-state index contributed by atoms with van der Waals surface area (Å²) in [5.74, 6) is 2.01. The number of halogens is 1. The number of fused-ring (bicyclic) bond motifs is 1. The Kier molecular flexibility index (Phi) is 5.11. The highest BCUT2D eigenvalue weighted by molar-refractivity contribution is 7.90. The van der Waals surface area contributed by atoms with Gasteiger partial charge in [-0.15, -0.1) is 11.6 Å². The molecular formula is C14H19ClN2O3S. The molecule has 0 saturated heterocycles. The summed E-state index contributed by atoms with van der Waals surface area (Å²) < 4.78 is 30.3. The lowest BCUT2D eigenvalue weighted by Gasteiger charge is -2.08. The number of hydrogen-bond donors (Lipinski definition) is 0. The van der Waals surface area contributed by atoms with E-state index in [1.54, 1.807) is 0 Å². The quantitative estimate of drug-likeness (QED) is 0.731. The van der Waals surface area contributed by atoms with E-state index in [0.29, 0.717) is 31.2 Å². The van der Waals surface area contributed by atoms with Gasteiger partial charge in [0, 0.05) is 25.1 Å². The summed E-state index contributed by atoms with van der Waals surface area (Å²) >= 11 is 5.82. The van der Waals surface area contributed by atoms with E-state index >= 15 is 0 Å². The molecule has 0 fully saturated rings. The number of rotatable bonds is 7. The molecule has 7 heteroatoms. The summed E-state index contributed by atoms with van der Waals surface area (Å²) in [7, 11) is -3.03. The van der Waals surface area contributed by atoms with Gasteiger partial charge >= 0.3 is 0 Å². The van der Waals surface area contributed by atoms with Crippen molar-refractivity contribution in [1.29, 1.82) is 0 Å². The molecule has 2 rings (SSSR count). The Balaban J connectivity index is 2.49. The zero-order chi connectivity index (χ0) is 15.5. The van der Waals surface area contributed by atoms with E-state index in [2.05, 4.69) is 4.98 Å². The van der Waals surface area contributed by atoms with Gasteiger partial charge < -0.3 is 9.30 Å². The van der Waals surface area contributed by atoms with E-state index in [4.69, 9.17) is 16.3 Å². The van der Waals surface area contributed by atoms with E-state index in [1.165, 1.54) is 6.26 Å². The molecule has 0 bridgehead atoms. The molecule has 0 amide bonds. The smallest absolute Gasteiger partial charge is 0.149 e. The molecule has 2 aromatic rings. The zero-order valence-corrected chi connectivity index (χ0v) is 13.7. The zero-order valence-electron chi connectivity index (χ0n) is 12.2. The maximum absolute atomic E-state index is 11.4. The molecule has 5 nitrogen and oxygen atoms in total. The number of alkyl halides is 1. The van der Waals surface area contributed by atoms with Crippen molar-refractivity contribution in [2.24, 2.45) is 0 Å². The van der Waals surface area contributed by atoms with Crippen LogP contribution in [-0.2, 0) is 22.8 Å². The van der Waals surface area contributed by atoms with Crippen LogP contribution in [0.25, 0.3) is 11.0 Å². The molecule has 21 heavy (non-hydrogen) atoms. The predicted molar refractivity (Wildman–Crippen MR) is 85.0 cm³/mol. The molecule has 1 heterocycles. The van der Waals surface area contributed by atoms with Crippen LogP contribution in [0.5, 0.6) is 5.75 Å². The largest absolute Gasteiger partial charge is 0.492 e. The van der Waals surface area contributed by atoms with Gasteiger partial charge in [-0.3, -0.25) is 0 Å². The van der Waals surface area contributed by atoms with Gasteiger partial charge in [0.1, 0.15) is 26.9 Å². The molecule has 116 valence electrons. The highest BCUT2D eigenvalue weighted by Gasteiger charge is 2.15. The first-order chi connectivity index (χ1) is 9.96. The summed E-state index contributed by atoms with van der Waals surface area (Å²) in [6, 6.07) is 5.67. The highest BCUT2D eigenvalue weighted by atomic mass is 35.5. The minimum Gasteiger partial charge on any atom is -0.492 e. The number of sulfone groups is 1. The van der Waals surface area contributed by atoms with Crippen molar-refractivity contribution >= 4 is 32.5 Å². The van der Waals surface area contributed by atoms with Gasteiger partial charge in [-0.1, -0.05) is 6.07 Å². The van der Waals surface area contributed by atoms with Gasteiger partial charge in [-0.25, -0.2) is 13.4 Å². The van der Waals surface area contributed by atoms with Crippen molar-refractivity contribution in [2.45, 2.75) is 19.9 Å². The van der Waals surface area contributed by atoms with Crippen molar-refractivity contribution in [3.8, 4) is 5.75 Å². The van der Waals surface area contributed by atoms with E-state index in [-0.39, 0.29) is 5.75 Å². The summed E-state index contributed by atoms with van der Waals surface area (Å²) in [6.07, 6.45) is 1.82. The molecule has 0 aliphatic heterocycles. The van der Waals surface area contributed by atoms with Crippen molar-refractivity contribution < 1.29 is 13.2 Å². The van der Waals surface area contributed by atoms with E-state index in [0.717, 1.165) is 16.9 Å². The Bertz CT molecular complexity index is 725. The molecule has 0 aliphatic carbocycles. The maximum Gasteiger partial charge on any atom is 0.149 e. The molecule has 0 unspecified atom stereocenters. The van der Waals surface area contributed by atoms with Crippen LogP contribution in [0.1, 0.15) is 12.7 Å². The normalized spacial score (nSPS) is 12.0. The van der Waals surface area contributed by atoms with Crippen LogP contribution in [0.4, 0.5) is 0 Å². The second kappa shape index (κ2) is 6.66. The van der Waals surface area contributed by atoms with Gasteiger partial charge in [0.2, 0.25) is 0 Å². The van der Waals surface area contributed by atoms with Crippen LogP contribution in [-0.4, -0.2) is 42.5 Å². The number of imidazole rings is 1. The second-order valence-corrected chi connectivity index (χ2v) is 7.44.